The molecule has 0 bridgehead atoms. The smallest absolute Gasteiger partial charge is 0.340 e. The highest BCUT2D eigenvalue weighted by Gasteiger charge is 2.17. The second-order valence-electron chi connectivity index (χ2n) is 3.63. The highest BCUT2D eigenvalue weighted by atomic mass is 32.2. The van der Waals surface area contributed by atoms with Gasteiger partial charge in [0.25, 0.3) is 5.88 Å². The molecule has 0 saturated heterocycles. The van der Waals surface area contributed by atoms with E-state index in [1.165, 1.54) is 18.2 Å². The molecule has 1 aromatic heterocycles. The topological polar surface area (TPSA) is 89.1 Å². The first kappa shape index (κ1) is 12.3. The number of benzene rings is 1. The van der Waals surface area contributed by atoms with E-state index in [1.807, 2.05) is 6.92 Å². The molecule has 0 fully saturated rings. The number of aromatic nitrogens is 2. The van der Waals surface area contributed by atoms with Crippen LogP contribution in [0.5, 0.6) is 5.88 Å². The minimum atomic E-state index is -3.92. The maximum absolute atomic E-state index is 11.8. The van der Waals surface area contributed by atoms with Gasteiger partial charge in [-0.3, -0.25) is 9.89 Å². The number of aldehydes is 1. The Bertz CT molecular complexity index is 659. The Kier molecular flexibility index (Phi) is 3.15. The molecule has 0 unspecified atom stereocenters. The van der Waals surface area contributed by atoms with E-state index in [1.54, 1.807) is 12.1 Å². The molecule has 94 valence electrons. The Morgan fingerprint density at radius 2 is 1.94 bits per heavy atom. The van der Waals surface area contributed by atoms with Crippen LogP contribution in [0.15, 0.2) is 35.2 Å². The van der Waals surface area contributed by atoms with Crippen LogP contribution in [-0.2, 0) is 10.1 Å². The summed E-state index contributed by atoms with van der Waals surface area (Å²) in [5.41, 5.74) is 1.08. The van der Waals surface area contributed by atoms with E-state index < -0.39 is 10.1 Å². The third-order valence-corrected chi connectivity index (χ3v) is 3.45. The van der Waals surface area contributed by atoms with Gasteiger partial charge in [-0.15, -0.1) is 5.10 Å². The van der Waals surface area contributed by atoms with Gasteiger partial charge in [-0.25, -0.2) is 0 Å². The van der Waals surface area contributed by atoms with E-state index in [4.69, 9.17) is 4.18 Å². The zero-order chi connectivity index (χ0) is 13.2. The Morgan fingerprint density at radius 3 is 2.50 bits per heavy atom. The molecule has 6 nitrogen and oxygen atoms in total. The quantitative estimate of drug-likeness (QED) is 0.665. The lowest BCUT2D eigenvalue weighted by molar-refractivity contribution is 0.111. The van der Waals surface area contributed by atoms with Gasteiger partial charge >= 0.3 is 10.1 Å². The number of carbonyl (C=O) groups excluding carboxylic acids is 1. The van der Waals surface area contributed by atoms with Gasteiger partial charge < -0.3 is 4.18 Å². The molecule has 0 aliphatic carbocycles. The molecule has 7 heteroatoms. The van der Waals surface area contributed by atoms with Crippen LogP contribution in [-0.4, -0.2) is 24.9 Å². The fourth-order valence-corrected chi connectivity index (χ4v) is 2.16. The van der Waals surface area contributed by atoms with Crippen molar-refractivity contribution in [2.24, 2.45) is 0 Å². The lowest BCUT2D eigenvalue weighted by Gasteiger charge is -2.03. The van der Waals surface area contributed by atoms with Crippen LogP contribution in [0.3, 0.4) is 0 Å². The highest BCUT2D eigenvalue weighted by molar-refractivity contribution is 7.87. The van der Waals surface area contributed by atoms with Crippen molar-refractivity contribution in [2.75, 3.05) is 0 Å². The zero-order valence-electron chi connectivity index (χ0n) is 9.45. The van der Waals surface area contributed by atoms with Gasteiger partial charge in [0.1, 0.15) is 10.6 Å². The molecule has 2 rings (SSSR count). The van der Waals surface area contributed by atoms with E-state index >= 15 is 0 Å². The average Bonchev–Trinajstić information content (AvgIpc) is 2.76. The van der Waals surface area contributed by atoms with Crippen molar-refractivity contribution in [3.05, 3.63) is 41.6 Å². The summed E-state index contributed by atoms with van der Waals surface area (Å²) < 4.78 is 28.5. The summed E-state index contributed by atoms with van der Waals surface area (Å²) in [6, 6.07) is 7.42. The van der Waals surface area contributed by atoms with Crippen molar-refractivity contribution < 1.29 is 17.4 Å². The van der Waals surface area contributed by atoms with Crippen molar-refractivity contribution in [3.8, 4) is 5.88 Å². The van der Waals surface area contributed by atoms with Crippen LogP contribution in [0.1, 0.15) is 16.1 Å². The predicted molar refractivity (Wildman–Crippen MR) is 63.0 cm³/mol. The summed E-state index contributed by atoms with van der Waals surface area (Å²) in [6.45, 7) is 1.85. The van der Waals surface area contributed by atoms with E-state index in [0.29, 0.717) is 6.29 Å². The summed E-state index contributed by atoms with van der Waals surface area (Å²) in [7, 11) is -3.92. The third-order valence-electron chi connectivity index (χ3n) is 2.21. The van der Waals surface area contributed by atoms with Gasteiger partial charge in [0.2, 0.25) is 0 Å². The van der Waals surface area contributed by atoms with Crippen molar-refractivity contribution in [3.63, 3.8) is 0 Å². The first-order chi connectivity index (χ1) is 8.51. The SMILES string of the molecule is Cc1ccc(S(=O)(=O)Oc2cc(C=O)[nH]n2)cc1. The minimum Gasteiger partial charge on any atom is -0.357 e. The van der Waals surface area contributed by atoms with E-state index in [0.717, 1.165) is 5.56 Å². The maximum Gasteiger partial charge on any atom is 0.340 e. The third kappa shape index (κ3) is 2.57. The number of rotatable bonds is 4. The second-order valence-corrected chi connectivity index (χ2v) is 5.18. The molecular formula is C11H10N2O4S. The van der Waals surface area contributed by atoms with Crippen LogP contribution in [0.2, 0.25) is 0 Å². The summed E-state index contributed by atoms with van der Waals surface area (Å²) in [5, 5.41) is 5.89. The standard InChI is InChI=1S/C11H10N2O4S/c1-8-2-4-10(5-3-8)18(15,16)17-11-6-9(7-14)12-13-11/h2-7H,1H3,(H,12,13). The van der Waals surface area contributed by atoms with Gasteiger partial charge in [-0.2, -0.15) is 8.42 Å². The number of aromatic amines is 1. The van der Waals surface area contributed by atoms with Gasteiger partial charge in [-0.1, -0.05) is 17.7 Å². The van der Waals surface area contributed by atoms with E-state index in [-0.39, 0.29) is 16.5 Å². The van der Waals surface area contributed by atoms with Crippen LogP contribution in [0.25, 0.3) is 0 Å². The van der Waals surface area contributed by atoms with Crippen molar-refractivity contribution in [1.29, 1.82) is 0 Å². The van der Waals surface area contributed by atoms with Crippen LogP contribution < -0.4 is 4.18 Å². The van der Waals surface area contributed by atoms with Gasteiger partial charge in [0, 0.05) is 6.07 Å². The normalized spacial score (nSPS) is 11.2. The molecule has 0 atom stereocenters. The van der Waals surface area contributed by atoms with E-state index in [2.05, 4.69) is 10.2 Å². The number of aryl methyl sites for hydroxylation is 1. The van der Waals surface area contributed by atoms with Gasteiger partial charge in [0.15, 0.2) is 6.29 Å². The lowest BCUT2D eigenvalue weighted by Crippen LogP contribution is -2.09. The summed E-state index contributed by atoms with van der Waals surface area (Å²) in [5.74, 6) is -0.169. The Hall–Kier alpha value is -2.15. The Labute approximate surface area is 104 Å². The fraction of sp³-hybridized carbons (Fsp3) is 0.0909. The Morgan fingerprint density at radius 1 is 1.28 bits per heavy atom. The molecule has 1 aromatic carbocycles. The molecule has 0 radical (unpaired) electrons. The lowest BCUT2D eigenvalue weighted by atomic mass is 10.2. The Balaban J connectivity index is 2.26. The molecule has 0 amide bonds. The number of carbonyl (C=O) groups is 1. The largest absolute Gasteiger partial charge is 0.357 e. The maximum atomic E-state index is 11.8. The van der Waals surface area contributed by atoms with Crippen LogP contribution >= 0.6 is 0 Å². The summed E-state index contributed by atoms with van der Waals surface area (Å²) in [4.78, 5) is 10.4. The second kappa shape index (κ2) is 4.61. The van der Waals surface area contributed by atoms with Crippen LogP contribution in [0.4, 0.5) is 0 Å². The summed E-state index contributed by atoms with van der Waals surface area (Å²) in [6.07, 6.45) is 0.512. The summed E-state index contributed by atoms with van der Waals surface area (Å²) >= 11 is 0. The van der Waals surface area contributed by atoms with E-state index in [9.17, 15) is 13.2 Å². The molecule has 18 heavy (non-hydrogen) atoms. The molecule has 2 aromatic rings. The molecule has 0 aliphatic rings. The molecule has 1 heterocycles. The van der Waals surface area contributed by atoms with Crippen molar-refractivity contribution in [2.45, 2.75) is 11.8 Å². The number of H-pyrrole nitrogens is 1. The highest BCUT2D eigenvalue weighted by Crippen LogP contribution is 2.17. The first-order valence-corrected chi connectivity index (χ1v) is 6.44. The molecular weight excluding hydrogens is 256 g/mol. The number of hydrogen-bond acceptors (Lipinski definition) is 5. The number of hydrogen-bond donors (Lipinski definition) is 1. The zero-order valence-corrected chi connectivity index (χ0v) is 10.3. The molecule has 1 N–H and O–H groups in total. The first-order valence-electron chi connectivity index (χ1n) is 5.03. The minimum absolute atomic E-state index is 0.0313. The van der Waals surface area contributed by atoms with Crippen molar-refractivity contribution in [1.82, 2.24) is 10.2 Å². The predicted octanol–water partition coefficient (Wildman–Crippen LogP) is 1.30. The van der Waals surface area contributed by atoms with Crippen LogP contribution in [0, 0.1) is 6.92 Å². The van der Waals surface area contributed by atoms with Gasteiger partial charge in [-0.05, 0) is 19.1 Å². The molecule has 0 saturated carbocycles. The monoisotopic (exact) mass is 266 g/mol. The number of nitrogens with zero attached hydrogens (tertiary/aromatic N) is 1. The number of nitrogens with one attached hydrogen (secondary N) is 1. The van der Waals surface area contributed by atoms with Gasteiger partial charge in [0.05, 0.1) is 0 Å². The van der Waals surface area contributed by atoms with Crippen molar-refractivity contribution >= 4 is 16.4 Å². The average molecular weight is 266 g/mol. The fourth-order valence-electron chi connectivity index (χ4n) is 1.29. The molecule has 0 aliphatic heterocycles. The molecule has 0 spiro atoms.